The lowest BCUT2D eigenvalue weighted by Gasteiger charge is -2.11. The fourth-order valence-electron chi connectivity index (χ4n) is 2.55. The Bertz CT molecular complexity index is 394. The van der Waals surface area contributed by atoms with Gasteiger partial charge in [-0.2, -0.15) is 0 Å². The van der Waals surface area contributed by atoms with Gasteiger partial charge in [0.25, 0.3) is 0 Å². The van der Waals surface area contributed by atoms with Crippen molar-refractivity contribution in [1.29, 1.82) is 0 Å². The van der Waals surface area contributed by atoms with Crippen molar-refractivity contribution in [3.8, 4) is 0 Å². The topological polar surface area (TPSA) is 41.1 Å². The Hall–Kier alpha value is -1.35. The summed E-state index contributed by atoms with van der Waals surface area (Å²) in [5.74, 6) is 0.417. The Balaban J connectivity index is 1.82. The maximum atomic E-state index is 12.0. The third-order valence-corrected chi connectivity index (χ3v) is 3.70. The zero-order valence-electron chi connectivity index (χ0n) is 11.7. The predicted molar refractivity (Wildman–Crippen MR) is 79.0 cm³/mol. The highest BCUT2D eigenvalue weighted by molar-refractivity contribution is 5.92. The predicted octanol–water partition coefficient (Wildman–Crippen LogP) is 3.31. The standard InChI is InChI=1S/C16H24N2O/c1-2-11-17-12-13-7-9-15(10-8-13)18-16(19)14-5-3-4-6-14/h7-10,14,17H,2-6,11-12H2,1H3,(H,18,19). The van der Waals surface area contributed by atoms with E-state index in [1.54, 1.807) is 0 Å². The molecule has 0 unspecified atom stereocenters. The molecule has 0 saturated heterocycles. The van der Waals surface area contributed by atoms with Crippen LogP contribution in [0.1, 0.15) is 44.6 Å². The number of hydrogen-bond acceptors (Lipinski definition) is 2. The molecule has 0 heterocycles. The van der Waals surface area contributed by atoms with Crippen LogP contribution in [0.25, 0.3) is 0 Å². The van der Waals surface area contributed by atoms with E-state index < -0.39 is 0 Å². The van der Waals surface area contributed by atoms with Gasteiger partial charge in [0, 0.05) is 18.2 Å². The van der Waals surface area contributed by atoms with Crippen LogP contribution in [-0.2, 0) is 11.3 Å². The molecule has 0 radical (unpaired) electrons. The number of carbonyl (C=O) groups is 1. The average Bonchev–Trinajstić information content (AvgIpc) is 2.95. The summed E-state index contributed by atoms with van der Waals surface area (Å²) < 4.78 is 0. The lowest BCUT2D eigenvalue weighted by molar-refractivity contribution is -0.119. The largest absolute Gasteiger partial charge is 0.326 e. The maximum absolute atomic E-state index is 12.0. The third-order valence-electron chi connectivity index (χ3n) is 3.70. The molecule has 0 spiro atoms. The molecule has 1 aliphatic rings. The number of hydrogen-bond donors (Lipinski definition) is 2. The molecule has 1 amide bonds. The van der Waals surface area contributed by atoms with Crippen molar-refractivity contribution in [3.63, 3.8) is 0 Å². The fraction of sp³-hybridized carbons (Fsp3) is 0.562. The van der Waals surface area contributed by atoms with E-state index in [-0.39, 0.29) is 11.8 Å². The van der Waals surface area contributed by atoms with Crippen molar-refractivity contribution in [2.45, 2.75) is 45.6 Å². The van der Waals surface area contributed by atoms with Gasteiger partial charge in [0.15, 0.2) is 0 Å². The van der Waals surface area contributed by atoms with Crippen LogP contribution < -0.4 is 10.6 Å². The fourth-order valence-corrected chi connectivity index (χ4v) is 2.55. The van der Waals surface area contributed by atoms with Crippen molar-refractivity contribution in [3.05, 3.63) is 29.8 Å². The second kappa shape index (κ2) is 7.29. The van der Waals surface area contributed by atoms with Crippen molar-refractivity contribution in [2.24, 2.45) is 5.92 Å². The van der Waals surface area contributed by atoms with Crippen LogP contribution in [-0.4, -0.2) is 12.5 Å². The Morgan fingerprint density at radius 2 is 1.89 bits per heavy atom. The molecule has 1 fully saturated rings. The Morgan fingerprint density at radius 1 is 1.21 bits per heavy atom. The first-order chi connectivity index (χ1) is 9.29. The number of anilines is 1. The van der Waals surface area contributed by atoms with Gasteiger partial charge in [-0.3, -0.25) is 4.79 Å². The monoisotopic (exact) mass is 260 g/mol. The Morgan fingerprint density at radius 3 is 2.53 bits per heavy atom. The number of carbonyl (C=O) groups excluding carboxylic acids is 1. The lowest BCUT2D eigenvalue weighted by atomic mass is 10.1. The van der Waals surface area contributed by atoms with Gasteiger partial charge in [0.2, 0.25) is 5.91 Å². The number of nitrogens with one attached hydrogen (secondary N) is 2. The van der Waals surface area contributed by atoms with Gasteiger partial charge in [-0.05, 0) is 43.5 Å². The van der Waals surface area contributed by atoms with Crippen LogP contribution in [0, 0.1) is 5.92 Å². The van der Waals surface area contributed by atoms with Gasteiger partial charge in [-0.1, -0.05) is 31.9 Å². The third kappa shape index (κ3) is 4.35. The summed E-state index contributed by atoms with van der Waals surface area (Å²) in [6, 6.07) is 8.14. The highest BCUT2D eigenvalue weighted by Gasteiger charge is 2.22. The smallest absolute Gasteiger partial charge is 0.227 e. The van der Waals surface area contributed by atoms with Crippen LogP contribution in [0.2, 0.25) is 0 Å². The van der Waals surface area contributed by atoms with E-state index in [1.807, 2.05) is 12.1 Å². The summed E-state index contributed by atoms with van der Waals surface area (Å²) in [5, 5.41) is 6.39. The second-order valence-electron chi connectivity index (χ2n) is 5.34. The van der Waals surface area contributed by atoms with Crippen LogP contribution in [0.15, 0.2) is 24.3 Å². The van der Waals surface area contributed by atoms with Gasteiger partial charge in [-0.15, -0.1) is 0 Å². The summed E-state index contributed by atoms with van der Waals surface area (Å²) in [5.41, 5.74) is 2.17. The maximum Gasteiger partial charge on any atom is 0.227 e. The first kappa shape index (κ1) is 14.1. The summed E-state index contributed by atoms with van der Waals surface area (Å²) in [6.07, 6.45) is 5.63. The SMILES string of the molecule is CCCNCc1ccc(NC(=O)C2CCCC2)cc1. The molecular weight excluding hydrogens is 236 g/mol. The summed E-state index contributed by atoms with van der Waals surface area (Å²) in [6.45, 7) is 4.10. The van der Waals surface area contributed by atoms with Gasteiger partial charge in [0.1, 0.15) is 0 Å². The molecule has 1 aromatic rings. The Kier molecular flexibility index (Phi) is 5.40. The molecule has 104 valence electrons. The van der Waals surface area contributed by atoms with Crippen molar-refractivity contribution >= 4 is 11.6 Å². The molecule has 2 rings (SSSR count). The molecule has 0 aliphatic heterocycles. The minimum atomic E-state index is 0.189. The van der Waals surface area contributed by atoms with Gasteiger partial charge < -0.3 is 10.6 Å². The molecule has 1 saturated carbocycles. The van der Waals surface area contributed by atoms with Crippen LogP contribution >= 0.6 is 0 Å². The average molecular weight is 260 g/mol. The first-order valence-electron chi connectivity index (χ1n) is 7.40. The summed E-state index contributed by atoms with van der Waals surface area (Å²) in [7, 11) is 0. The Labute approximate surface area is 115 Å². The van der Waals surface area contributed by atoms with Gasteiger partial charge in [-0.25, -0.2) is 0 Å². The molecular formula is C16H24N2O. The molecule has 19 heavy (non-hydrogen) atoms. The van der Waals surface area contributed by atoms with E-state index in [1.165, 1.54) is 18.4 Å². The zero-order chi connectivity index (χ0) is 13.5. The van der Waals surface area contributed by atoms with Crippen molar-refractivity contribution < 1.29 is 4.79 Å². The molecule has 3 nitrogen and oxygen atoms in total. The highest BCUT2D eigenvalue weighted by atomic mass is 16.1. The number of benzene rings is 1. The molecule has 2 N–H and O–H groups in total. The number of rotatable bonds is 6. The van der Waals surface area contributed by atoms with Gasteiger partial charge >= 0.3 is 0 Å². The molecule has 1 aliphatic carbocycles. The molecule has 1 aromatic carbocycles. The molecule has 3 heteroatoms. The molecule has 0 bridgehead atoms. The van der Waals surface area contributed by atoms with E-state index in [4.69, 9.17) is 0 Å². The normalized spacial score (nSPS) is 15.6. The molecule has 0 aromatic heterocycles. The van der Waals surface area contributed by atoms with Crippen molar-refractivity contribution in [1.82, 2.24) is 5.32 Å². The van der Waals surface area contributed by atoms with E-state index >= 15 is 0 Å². The van der Waals surface area contributed by atoms with E-state index in [2.05, 4.69) is 29.7 Å². The van der Waals surface area contributed by atoms with Crippen LogP contribution in [0.3, 0.4) is 0 Å². The van der Waals surface area contributed by atoms with E-state index in [9.17, 15) is 4.79 Å². The minimum absolute atomic E-state index is 0.189. The van der Waals surface area contributed by atoms with Gasteiger partial charge in [0.05, 0.1) is 0 Å². The second-order valence-corrected chi connectivity index (χ2v) is 5.34. The van der Waals surface area contributed by atoms with Crippen LogP contribution in [0.5, 0.6) is 0 Å². The van der Waals surface area contributed by atoms with E-state index in [0.29, 0.717) is 0 Å². The minimum Gasteiger partial charge on any atom is -0.326 e. The lowest BCUT2D eigenvalue weighted by Crippen LogP contribution is -2.20. The highest BCUT2D eigenvalue weighted by Crippen LogP contribution is 2.26. The summed E-state index contributed by atoms with van der Waals surface area (Å²) in [4.78, 5) is 12.0. The van der Waals surface area contributed by atoms with Crippen LogP contribution in [0.4, 0.5) is 5.69 Å². The first-order valence-corrected chi connectivity index (χ1v) is 7.40. The van der Waals surface area contributed by atoms with Crippen molar-refractivity contribution in [2.75, 3.05) is 11.9 Å². The quantitative estimate of drug-likeness (QED) is 0.770. The summed E-state index contributed by atoms with van der Waals surface area (Å²) >= 11 is 0. The molecule has 0 atom stereocenters. The number of amides is 1. The van der Waals surface area contributed by atoms with E-state index in [0.717, 1.165) is 38.0 Å². The zero-order valence-corrected chi connectivity index (χ0v) is 11.7.